The van der Waals surface area contributed by atoms with Crippen molar-refractivity contribution in [3.05, 3.63) is 54.2 Å². The molecule has 0 atom stereocenters. The van der Waals surface area contributed by atoms with Gasteiger partial charge in [-0.25, -0.2) is 19.7 Å². The van der Waals surface area contributed by atoms with Gasteiger partial charge in [-0.15, -0.1) is 0 Å². The third-order valence-corrected chi connectivity index (χ3v) is 3.43. The van der Waals surface area contributed by atoms with E-state index in [9.17, 15) is 4.79 Å². The minimum Gasteiger partial charge on any atom is -0.488 e. The van der Waals surface area contributed by atoms with Crippen molar-refractivity contribution >= 4 is 5.97 Å². The summed E-state index contributed by atoms with van der Waals surface area (Å²) in [4.78, 5) is 27.7. The maximum Gasteiger partial charge on any atom is 0.339 e. The predicted molar refractivity (Wildman–Crippen MR) is 92.4 cm³/mol. The second-order valence-corrected chi connectivity index (χ2v) is 5.25. The molecule has 0 bridgehead atoms. The van der Waals surface area contributed by atoms with Gasteiger partial charge in [-0.3, -0.25) is 4.98 Å². The minimum absolute atomic E-state index is 0.0592. The monoisotopic (exact) mass is 352 g/mol. The Morgan fingerprint density at radius 2 is 2.08 bits per heavy atom. The molecule has 0 aliphatic heterocycles. The van der Waals surface area contributed by atoms with Crippen molar-refractivity contribution in [3.8, 4) is 28.8 Å². The van der Waals surface area contributed by atoms with E-state index in [0.29, 0.717) is 41.1 Å². The number of carbonyl (C=O) groups is 1. The van der Waals surface area contributed by atoms with Crippen molar-refractivity contribution in [2.75, 3.05) is 6.61 Å². The van der Waals surface area contributed by atoms with Crippen LogP contribution in [-0.4, -0.2) is 37.6 Å². The van der Waals surface area contributed by atoms with Gasteiger partial charge in [-0.05, 0) is 32.0 Å². The number of ether oxygens (including phenoxy) is 2. The molecule has 3 rings (SSSR count). The van der Waals surface area contributed by atoms with Gasteiger partial charge in [0.25, 0.3) is 5.88 Å². The van der Waals surface area contributed by atoms with Crippen molar-refractivity contribution in [3.63, 3.8) is 0 Å². The Kier molecular flexibility index (Phi) is 5.02. The van der Waals surface area contributed by atoms with Gasteiger partial charge in [0.05, 0.1) is 24.1 Å². The van der Waals surface area contributed by atoms with Crippen LogP contribution < -0.4 is 9.47 Å². The zero-order valence-electron chi connectivity index (χ0n) is 14.2. The molecule has 0 fully saturated rings. The predicted octanol–water partition coefficient (Wildman–Crippen LogP) is 3.13. The van der Waals surface area contributed by atoms with Crippen LogP contribution in [0.15, 0.2) is 43.0 Å². The lowest BCUT2D eigenvalue weighted by Crippen LogP contribution is -2.04. The zero-order chi connectivity index (χ0) is 18.5. The number of nitrogens with zero attached hydrogens (tertiary/aromatic N) is 4. The van der Waals surface area contributed by atoms with Crippen LogP contribution in [0.4, 0.5) is 0 Å². The second-order valence-electron chi connectivity index (χ2n) is 5.25. The molecular weight excluding hydrogens is 336 g/mol. The molecule has 8 nitrogen and oxygen atoms in total. The Labute approximate surface area is 149 Å². The highest BCUT2D eigenvalue weighted by Gasteiger charge is 2.13. The van der Waals surface area contributed by atoms with Crippen LogP contribution in [0.1, 0.15) is 23.0 Å². The summed E-state index contributed by atoms with van der Waals surface area (Å²) in [6, 6.07) is 5.22. The molecule has 0 saturated carbocycles. The fraction of sp³-hybridized carbons (Fsp3) is 0.167. The van der Waals surface area contributed by atoms with Crippen LogP contribution in [0.5, 0.6) is 17.4 Å². The summed E-state index contributed by atoms with van der Waals surface area (Å²) in [6.45, 7) is 3.98. The number of carboxylic acid groups (broad SMARTS) is 1. The molecule has 0 amide bonds. The van der Waals surface area contributed by atoms with Crippen molar-refractivity contribution in [2.24, 2.45) is 0 Å². The number of pyridine rings is 2. The number of rotatable bonds is 6. The fourth-order valence-electron chi connectivity index (χ4n) is 2.24. The molecule has 0 radical (unpaired) electrons. The Hall–Kier alpha value is -3.55. The molecule has 0 unspecified atom stereocenters. The molecule has 0 aliphatic carbocycles. The molecule has 1 N–H and O–H groups in total. The molecule has 0 aliphatic rings. The number of aromatic carboxylic acids is 1. The van der Waals surface area contributed by atoms with Crippen molar-refractivity contribution in [1.82, 2.24) is 19.9 Å². The summed E-state index contributed by atoms with van der Waals surface area (Å²) in [6.07, 6.45) is 5.99. The van der Waals surface area contributed by atoms with Gasteiger partial charge in [-0.1, -0.05) is 0 Å². The summed E-state index contributed by atoms with van der Waals surface area (Å²) in [5.41, 5.74) is 1.03. The van der Waals surface area contributed by atoms with Gasteiger partial charge in [0.15, 0.2) is 11.6 Å². The van der Waals surface area contributed by atoms with E-state index in [1.54, 1.807) is 37.5 Å². The molecule has 3 aromatic rings. The van der Waals surface area contributed by atoms with Gasteiger partial charge in [-0.2, -0.15) is 0 Å². The summed E-state index contributed by atoms with van der Waals surface area (Å²) in [5.74, 6) is 0.579. The number of aryl methyl sites for hydroxylation is 1. The molecular formula is C18H16N4O4. The average Bonchev–Trinajstić information content (AvgIpc) is 2.63. The number of hydrogen-bond acceptors (Lipinski definition) is 7. The third kappa shape index (κ3) is 3.75. The summed E-state index contributed by atoms with van der Waals surface area (Å²) in [5, 5.41) is 9.07. The molecule has 132 valence electrons. The van der Waals surface area contributed by atoms with E-state index in [0.717, 1.165) is 0 Å². The maximum absolute atomic E-state index is 11.1. The van der Waals surface area contributed by atoms with Crippen molar-refractivity contribution in [1.29, 1.82) is 0 Å². The topological polar surface area (TPSA) is 107 Å². The quantitative estimate of drug-likeness (QED) is 0.721. The van der Waals surface area contributed by atoms with E-state index in [-0.39, 0.29) is 5.56 Å². The van der Waals surface area contributed by atoms with E-state index in [1.807, 2.05) is 6.92 Å². The first-order chi connectivity index (χ1) is 12.6. The highest BCUT2D eigenvalue weighted by Crippen LogP contribution is 2.30. The van der Waals surface area contributed by atoms with Gasteiger partial charge >= 0.3 is 5.97 Å². The van der Waals surface area contributed by atoms with Crippen LogP contribution in [0.25, 0.3) is 11.4 Å². The van der Waals surface area contributed by atoms with Gasteiger partial charge in [0.1, 0.15) is 5.75 Å². The summed E-state index contributed by atoms with van der Waals surface area (Å²) >= 11 is 0. The van der Waals surface area contributed by atoms with Crippen molar-refractivity contribution < 1.29 is 19.4 Å². The molecule has 0 aromatic carbocycles. The largest absolute Gasteiger partial charge is 0.488 e. The van der Waals surface area contributed by atoms with E-state index < -0.39 is 5.97 Å². The van der Waals surface area contributed by atoms with Gasteiger partial charge < -0.3 is 14.6 Å². The number of carboxylic acids is 1. The van der Waals surface area contributed by atoms with E-state index in [4.69, 9.17) is 14.6 Å². The second kappa shape index (κ2) is 7.56. The van der Waals surface area contributed by atoms with Gasteiger partial charge in [0, 0.05) is 24.2 Å². The average molecular weight is 352 g/mol. The van der Waals surface area contributed by atoms with Crippen LogP contribution >= 0.6 is 0 Å². The minimum atomic E-state index is -1.07. The first-order valence-electron chi connectivity index (χ1n) is 7.86. The van der Waals surface area contributed by atoms with E-state index in [2.05, 4.69) is 19.9 Å². The normalized spacial score (nSPS) is 10.4. The van der Waals surface area contributed by atoms with E-state index >= 15 is 0 Å². The third-order valence-electron chi connectivity index (χ3n) is 3.43. The first kappa shape index (κ1) is 17.3. The Morgan fingerprint density at radius 1 is 1.23 bits per heavy atom. The highest BCUT2D eigenvalue weighted by molar-refractivity contribution is 5.88. The summed E-state index contributed by atoms with van der Waals surface area (Å²) in [7, 11) is 0. The molecule has 0 spiro atoms. The lowest BCUT2D eigenvalue weighted by molar-refractivity contribution is 0.0695. The van der Waals surface area contributed by atoms with Crippen LogP contribution in [0.2, 0.25) is 0 Å². The summed E-state index contributed by atoms with van der Waals surface area (Å²) < 4.78 is 11.3. The zero-order valence-corrected chi connectivity index (χ0v) is 14.2. The maximum atomic E-state index is 11.1. The smallest absolute Gasteiger partial charge is 0.339 e. The molecule has 3 aromatic heterocycles. The van der Waals surface area contributed by atoms with Crippen LogP contribution in [-0.2, 0) is 0 Å². The molecule has 3 heterocycles. The Balaban J connectivity index is 1.90. The number of aromatic nitrogens is 4. The lowest BCUT2D eigenvalue weighted by Gasteiger charge is -2.10. The first-order valence-corrected chi connectivity index (χ1v) is 7.86. The van der Waals surface area contributed by atoms with Gasteiger partial charge in [0.2, 0.25) is 0 Å². The molecule has 0 saturated heterocycles. The van der Waals surface area contributed by atoms with E-state index in [1.165, 1.54) is 12.4 Å². The van der Waals surface area contributed by atoms with Crippen molar-refractivity contribution in [2.45, 2.75) is 13.8 Å². The van der Waals surface area contributed by atoms with Crippen LogP contribution in [0, 0.1) is 6.92 Å². The molecule has 8 heteroatoms. The Morgan fingerprint density at radius 3 is 2.81 bits per heavy atom. The standard InChI is InChI=1S/C18H16N4O4/c1-3-25-15-5-4-6-20-17(15)26-13-7-12(8-19-9-13)16-21-10-14(18(23)24)11(2)22-16/h4-10H,3H2,1-2H3,(H,23,24). The SMILES string of the molecule is CCOc1cccnc1Oc1cncc(-c2ncc(C(=O)O)c(C)n2)c1. The molecule has 26 heavy (non-hydrogen) atoms. The van der Waals surface area contributed by atoms with Crippen LogP contribution in [0.3, 0.4) is 0 Å². The Bertz CT molecular complexity index is 946. The fourth-order valence-corrected chi connectivity index (χ4v) is 2.24. The number of hydrogen-bond donors (Lipinski definition) is 1. The lowest BCUT2D eigenvalue weighted by atomic mass is 10.2. The highest BCUT2D eigenvalue weighted by atomic mass is 16.5.